The molecule has 0 aliphatic heterocycles. The van der Waals surface area contributed by atoms with E-state index in [1.807, 2.05) is 0 Å². The van der Waals surface area contributed by atoms with Crippen molar-refractivity contribution in [3.05, 3.63) is 0 Å². The highest BCUT2D eigenvalue weighted by Gasteiger charge is 2.32. The Morgan fingerprint density at radius 1 is 1.09 bits per heavy atom. The summed E-state index contributed by atoms with van der Waals surface area (Å²) in [5, 5.41) is 0. The van der Waals surface area contributed by atoms with Gasteiger partial charge >= 0.3 is 0 Å². The van der Waals surface area contributed by atoms with Crippen LogP contribution in [0.3, 0.4) is 0 Å². The fraction of sp³-hybridized carbons (Fsp3) is 1.00. The zero-order valence-electron chi connectivity index (χ0n) is 5.48. The average molecular weight is 177 g/mol. The van der Waals surface area contributed by atoms with Gasteiger partial charge in [-0.2, -0.15) is 0 Å². The molecule has 3 atom stereocenters. The number of alkyl halides is 5. The van der Waals surface area contributed by atoms with Crippen LogP contribution in [0.5, 0.6) is 0 Å². The summed E-state index contributed by atoms with van der Waals surface area (Å²) in [6.07, 6.45) is -8.37. The van der Waals surface area contributed by atoms with Crippen LogP contribution in [0.1, 0.15) is 0 Å². The molecule has 0 heterocycles. The van der Waals surface area contributed by atoms with Gasteiger partial charge in [0.2, 0.25) is 0 Å². The maximum absolute atomic E-state index is 12.2. The first-order valence-electron chi connectivity index (χ1n) is 2.88. The lowest BCUT2D eigenvalue weighted by molar-refractivity contribution is 0.0333. The SMILES string of the molecule is NC(C(F)F)C(F)C(F)CF. The Morgan fingerprint density at radius 2 is 1.55 bits per heavy atom. The Hall–Kier alpha value is -0.390. The monoisotopic (exact) mass is 177 g/mol. The highest BCUT2D eigenvalue weighted by atomic mass is 19.3. The molecule has 11 heavy (non-hydrogen) atoms. The molecule has 0 aliphatic rings. The maximum atomic E-state index is 12.2. The summed E-state index contributed by atoms with van der Waals surface area (Å²) in [7, 11) is 0. The van der Waals surface area contributed by atoms with E-state index in [1.54, 1.807) is 0 Å². The van der Waals surface area contributed by atoms with Crippen LogP contribution in [-0.4, -0.2) is 31.5 Å². The molecule has 0 amide bonds. The highest BCUT2D eigenvalue weighted by Crippen LogP contribution is 2.13. The second-order valence-corrected chi connectivity index (χ2v) is 2.03. The lowest BCUT2D eigenvalue weighted by Crippen LogP contribution is -2.44. The van der Waals surface area contributed by atoms with Gasteiger partial charge in [-0.05, 0) is 0 Å². The van der Waals surface area contributed by atoms with Crippen molar-refractivity contribution in [3.63, 3.8) is 0 Å². The second-order valence-electron chi connectivity index (χ2n) is 2.03. The van der Waals surface area contributed by atoms with E-state index in [4.69, 9.17) is 0 Å². The van der Waals surface area contributed by atoms with Crippen molar-refractivity contribution in [2.45, 2.75) is 24.8 Å². The van der Waals surface area contributed by atoms with Crippen LogP contribution in [0.15, 0.2) is 0 Å². The van der Waals surface area contributed by atoms with E-state index < -0.39 is 31.5 Å². The van der Waals surface area contributed by atoms with E-state index >= 15 is 0 Å². The van der Waals surface area contributed by atoms with Gasteiger partial charge in [0.05, 0.1) is 0 Å². The van der Waals surface area contributed by atoms with Crippen molar-refractivity contribution in [3.8, 4) is 0 Å². The molecular weight excluding hydrogens is 169 g/mol. The van der Waals surface area contributed by atoms with Gasteiger partial charge in [0.15, 0.2) is 12.3 Å². The van der Waals surface area contributed by atoms with Gasteiger partial charge in [0, 0.05) is 0 Å². The predicted molar refractivity (Wildman–Crippen MR) is 29.7 cm³/mol. The highest BCUT2D eigenvalue weighted by molar-refractivity contribution is 4.80. The molecule has 68 valence electrons. The largest absolute Gasteiger partial charge is 0.320 e. The first kappa shape index (κ1) is 10.6. The smallest absolute Gasteiger partial charge is 0.256 e. The molecular formula is C5H8F5N. The van der Waals surface area contributed by atoms with Crippen molar-refractivity contribution >= 4 is 0 Å². The van der Waals surface area contributed by atoms with Crippen molar-refractivity contribution in [1.82, 2.24) is 0 Å². The maximum Gasteiger partial charge on any atom is 0.256 e. The zero-order chi connectivity index (χ0) is 9.02. The average Bonchev–Trinajstić information content (AvgIpc) is 2.00. The van der Waals surface area contributed by atoms with Crippen molar-refractivity contribution in [2.75, 3.05) is 6.67 Å². The van der Waals surface area contributed by atoms with Gasteiger partial charge in [-0.1, -0.05) is 0 Å². The first-order chi connectivity index (χ1) is 5.00. The third-order valence-electron chi connectivity index (χ3n) is 1.15. The number of nitrogens with two attached hydrogens (primary N) is 1. The van der Waals surface area contributed by atoms with Crippen LogP contribution in [-0.2, 0) is 0 Å². The van der Waals surface area contributed by atoms with E-state index in [0.29, 0.717) is 0 Å². The summed E-state index contributed by atoms with van der Waals surface area (Å²) in [5.41, 5.74) is 4.50. The lowest BCUT2D eigenvalue weighted by atomic mass is 10.1. The lowest BCUT2D eigenvalue weighted by Gasteiger charge is -2.16. The van der Waals surface area contributed by atoms with Crippen molar-refractivity contribution in [2.24, 2.45) is 5.73 Å². The summed E-state index contributed by atoms with van der Waals surface area (Å²) < 4.78 is 58.6. The standard InChI is InChI=1S/C5H8F5N/c6-1-2(7)3(8)4(11)5(9)10/h2-5H,1,11H2. The van der Waals surface area contributed by atoms with Crippen molar-refractivity contribution in [1.29, 1.82) is 0 Å². The zero-order valence-corrected chi connectivity index (χ0v) is 5.48. The normalized spacial score (nSPS) is 19.9. The van der Waals surface area contributed by atoms with Gasteiger partial charge in [-0.25, -0.2) is 22.0 Å². The molecule has 0 rings (SSSR count). The minimum absolute atomic E-state index is 1.64. The molecule has 2 N–H and O–H groups in total. The second kappa shape index (κ2) is 4.48. The minimum Gasteiger partial charge on any atom is -0.320 e. The van der Waals surface area contributed by atoms with Crippen molar-refractivity contribution < 1.29 is 22.0 Å². The van der Waals surface area contributed by atoms with Crippen LogP contribution in [0.4, 0.5) is 22.0 Å². The quantitative estimate of drug-likeness (QED) is 0.642. The third kappa shape index (κ3) is 3.00. The Morgan fingerprint density at radius 3 is 1.82 bits per heavy atom. The number of rotatable bonds is 4. The molecule has 0 spiro atoms. The molecule has 0 aliphatic carbocycles. The summed E-state index contributed by atoms with van der Waals surface area (Å²) >= 11 is 0. The molecule has 0 fully saturated rings. The van der Waals surface area contributed by atoms with Gasteiger partial charge in [-0.15, -0.1) is 0 Å². The number of hydrogen-bond donors (Lipinski definition) is 1. The topological polar surface area (TPSA) is 26.0 Å². The molecule has 0 radical (unpaired) electrons. The molecule has 1 nitrogen and oxygen atoms in total. The van der Waals surface area contributed by atoms with Gasteiger partial charge in [0.25, 0.3) is 6.43 Å². The molecule has 0 saturated heterocycles. The minimum atomic E-state index is -3.17. The van der Waals surface area contributed by atoms with Crippen LogP contribution < -0.4 is 5.73 Å². The van der Waals surface area contributed by atoms with Gasteiger partial charge in [0.1, 0.15) is 12.7 Å². The Bertz CT molecular complexity index is 109. The fourth-order valence-corrected chi connectivity index (χ4v) is 0.465. The first-order valence-corrected chi connectivity index (χ1v) is 2.88. The molecule has 3 unspecified atom stereocenters. The Balaban J connectivity index is 3.90. The molecule has 0 aromatic rings. The summed E-state index contributed by atoms with van der Waals surface area (Å²) in [4.78, 5) is 0. The molecule has 6 heteroatoms. The Kier molecular flexibility index (Phi) is 4.32. The number of halogens is 5. The fourth-order valence-electron chi connectivity index (χ4n) is 0.465. The summed E-state index contributed by atoms with van der Waals surface area (Å²) in [6, 6.07) is -2.25. The van der Waals surface area contributed by atoms with E-state index in [-0.39, 0.29) is 0 Å². The van der Waals surface area contributed by atoms with E-state index in [9.17, 15) is 22.0 Å². The summed E-state index contributed by atoms with van der Waals surface area (Å²) in [5.74, 6) is 0. The molecule has 0 aromatic carbocycles. The van der Waals surface area contributed by atoms with Gasteiger partial charge in [-0.3, -0.25) is 0 Å². The predicted octanol–water partition coefficient (Wildman–Crippen LogP) is 1.22. The van der Waals surface area contributed by atoms with Crippen LogP contribution in [0, 0.1) is 0 Å². The third-order valence-corrected chi connectivity index (χ3v) is 1.15. The van der Waals surface area contributed by atoms with Crippen LogP contribution in [0.25, 0.3) is 0 Å². The molecule has 0 bridgehead atoms. The summed E-state index contributed by atoms with van der Waals surface area (Å²) in [6.45, 7) is -1.64. The Labute approximate surface area is 60.4 Å². The van der Waals surface area contributed by atoms with Crippen LogP contribution in [0.2, 0.25) is 0 Å². The number of hydrogen-bond acceptors (Lipinski definition) is 1. The van der Waals surface area contributed by atoms with E-state index in [0.717, 1.165) is 0 Å². The van der Waals surface area contributed by atoms with E-state index in [2.05, 4.69) is 5.73 Å². The molecule has 0 saturated carbocycles. The van der Waals surface area contributed by atoms with Gasteiger partial charge < -0.3 is 5.73 Å². The van der Waals surface area contributed by atoms with Crippen LogP contribution >= 0.6 is 0 Å². The molecule has 0 aromatic heterocycles. The van der Waals surface area contributed by atoms with E-state index in [1.165, 1.54) is 0 Å².